The van der Waals surface area contributed by atoms with Crippen molar-refractivity contribution >= 4 is 26.5 Å². The van der Waals surface area contributed by atoms with Crippen molar-refractivity contribution in [2.45, 2.75) is 81.7 Å². The Kier molecular flexibility index (Phi) is 6.89. The molecular formula is C23H33N3O3S2. The molecule has 1 N–H and O–H groups in total. The number of sulfonamides is 1. The third kappa shape index (κ3) is 4.91. The molecule has 6 nitrogen and oxygen atoms in total. The van der Waals surface area contributed by atoms with Gasteiger partial charge in [-0.15, -0.1) is 0 Å². The highest BCUT2D eigenvalue weighted by molar-refractivity contribution is 7.89. The number of nitrogens with zero attached hydrogens (tertiary/aromatic N) is 2. The molecule has 0 bridgehead atoms. The van der Waals surface area contributed by atoms with E-state index in [1.807, 2.05) is 13.0 Å². The average Bonchev–Trinajstić information content (AvgIpc) is 3.42. The quantitative estimate of drug-likeness (QED) is 0.617. The number of aryl methyl sites for hydroxylation is 1. The van der Waals surface area contributed by atoms with E-state index >= 15 is 0 Å². The summed E-state index contributed by atoms with van der Waals surface area (Å²) in [5.41, 5.74) is 1.80. The van der Waals surface area contributed by atoms with Crippen LogP contribution in [0.1, 0.15) is 63.5 Å². The van der Waals surface area contributed by atoms with Gasteiger partial charge in [0.25, 0.3) is 0 Å². The fourth-order valence-corrected chi connectivity index (χ4v) is 7.38. The summed E-state index contributed by atoms with van der Waals surface area (Å²) in [7, 11) is -0.0126. The number of nitrogens with one attached hydrogen (secondary N) is 1. The highest BCUT2D eigenvalue weighted by atomic mass is 32.2. The van der Waals surface area contributed by atoms with Gasteiger partial charge in [0.2, 0.25) is 10.0 Å². The zero-order chi connectivity index (χ0) is 22.0. The first-order valence-electron chi connectivity index (χ1n) is 11.3. The Morgan fingerprint density at radius 2 is 1.77 bits per heavy atom. The zero-order valence-corrected chi connectivity index (χ0v) is 20.3. The first kappa shape index (κ1) is 22.6. The number of hydrogen-bond acceptors (Lipinski definition) is 6. The number of aromatic nitrogens is 1. The number of rotatable bonds is 7. The number of methoxy groups -OCH3 is 1. The van der Waals surface area contributed by atoms with Gasteiger partial charge in [0, 0.05) is 19.1 Å². The van der Waals surface area contributed by atoms with Crippen LogP contribution in [-0.2, 0) is 10.0 Å². The molecule has 2 saturated carbocycles. The van der Waals surface area contributed by atoms with E-state index in [-0.39, 0.29) is 10.9 Å². The SMILES string of the molecule is COc1ccc(-c2sc(N(C)C3CCCCC3)nc2C)cc1S(=O)(=O)NC1CCCC1. The van der Waals surface area contributed by atoms with Gasteiger partial charge >= 0.3 is 0 Å². The molecule has 2 aromatic rings. The molecule has 2 aliphatic carbocycles. The molecule has 4 rings (SSSR count). The van der Waals surface area contributed by atoms with Crippen LogP contribution in [0.15, 0.2) is 23.1 Å². The molecule has 1 aromatic heterocycles. The number of benzene rings is 1. The van der Waals surface area contributed by atoms with E-state index in [1.165, 1.54) is 39.2 Å². The van der Waals surface area contributed by atoms with Gasteiger partial charge in [-0.3, -0.25) is 0 Å². The van der Waals surface area contributed by atoms with Crippen LogP contribution in [0, 0.1) is 6.92 Å². The van der Waals surface area contributed by atoms with Crippen LogP contribution in [-0.4, -0.2) is 39.6 Å². The first-order chi connectivity index (χ1) is 14.9. The minimum absolute atomic E-state index is 0.0132. The molecule has 0 aliphatic heterocycles. The van der Waals surface area contributed by atoms with E-state index in [2.05, 4.69) is 16.7 Å². The maximum Gasteiger partial charge on any atom is 0.244 e. The van der Waals surface area contributed by atoms with Crippen LogP contribution in [0.3, 0.4) is 0 Å². The van der Waals surface area contributed by atoms with Crippen molar-refractivity contribution in [2.24, 2.45) is 0 Å². The van der Waals surface area contributed by atoms with Crippen molar-refractivity contribution in [3.8, 4) is 16.2 Å². The Balaban J connectivity index is 1.64. The second-order valence-electron chi connectivity index (χ2n) is 8.78. The molecule has 0 atom stereocenters. The minimum atomic E-state index is -3.66. The fraction of sp³-hybridized carbons (Fsp3) is 0.609. The Labute approximate surface area is 190 Å². The van der Waals surface area contributed by atoms with Gasteiger partial charge in [-0.05, 0) is 56.4 Å². The first-order valence-corrected chi connectivity index (χ1v) is 13.6. The van der Waals surface area contributed by atoms with Crippen LogP contribution >= 0.6 is 11.3 Å². The van der Waals surface area contributed by atoms with Gasteiger partial charge in [-0.1, -0.05) is 43.4 Å². The maximum absolute atomic E-state index is 13.1. The molecular weight excluding hydrogens is 430 g/mol. The highest BCUT2D eigenvalue weighted by Gasteiger charge is 2.27. The molecule has 2 aliphatic rings. The summed E-state index contributed by atoms with van der Waals surface area (Å²) in [4.78, 5) is 8.35. The van der Waals surface area contributed by atoms with Gasteiger partial charge in [0.1, 0.15) is 10.6 Å². The van der Waals surface area contributed by atoms with E-state index in [1.54, 1.807) is 23.5 Å². The number of thiazole rings is 1. The smallest absolute Gasteiger partial charge is 0.244 e. The molecule has 0 radical (unpaired) electrons. The highest BCUT2D eigenvalue weighted by Crippen LogP contribution is 2.39. The molecule has 8 heteroatoms. The van der Waals surface area contributed by atoms with Crippen molar-refractivity contribution in [1.29, 1.82) is 0 Å². The lowest BCUT2D eigenvalue weighted by molar-refractivity contribution is 0.402. The van der Waals surface area contributed by atoms with Gasteiger partial charge in [0.05, 0.1) is 17.7 Å². The molecule has 0 unspecified atom stereocenters. The van der Waals surface area contributed by atoms with Crippen LogP contribution in [0.4, 0.5) is 5.13 Å². The van der Waals surface area contributed by atoms with Crippen LogP contribution in [0.2, 0.25) is 0 Å². The summed E-state index contributed by atoms with van der Waals surface area (Å²) in [5, 5.41) is 1.00. The average molecular weight is 464 g/mol. The topological polar surface area (TPSA) is 71.5 Å². The van der Waals surface area contributed by atoms with Crippen LogP contribution in [0.5, 0.6) is 5.75 Å². The number of ether oxygens (including phenoxy) is 1. The molecule has 31 heavy (non-hydrogen) atoms. The third-order valence-corrected chi connectivity index (χ3v) is 9.44. The van der Waals surface area contributed by atoms with E-state index in [4.69, 9.17) is 9.72 Å². The molecule has 1 aromatic carbocycles. The lowest BCUT2D eigenvalue weighted by Gasteiger charge is -2.30. The monoisotopic (exact) mass is 463 g/mol. The number of hydrogen-bond donors (Lipinski definition) is 1. The summed E-state index contributed by atoms with van der Waals surface area (Å²) in [6.07, 6.45) is 10.2. The van der Waals surface area contributed by atoms with Gasteiger partial charge in [-0.2, -0.15) is 0 Å². The van der Waals surface area contributed by atoms with Crippen molar-refractivity contribution < 1.29 is 13.2 Å². The van der Waals surface area contributed by atoms with Gasteiger partial charge < -0.3 is 9.64 Å². The Morgan fingerprint density at radius 1 is 1.10 bits per heavy atom. The molecule has 0 amide bonds. The summed E-state index contributed by atoms with van der Waals surface area (Å²) >= 11 is 1.64. The summed E-state index contributed by atoms with van der Waals surface area (Å²) in [6, 6.07) is 5.97. The fourth-order valence-electron chi connectivity index (χ4n) is 4.78. The largest absolute Gasteiger partial charge is 0.495 e. The summed E-state index contributed by atoms with van der Waals surface area (Å²) < 4.78 is 34.6. The van der Waals surface area contributed by atoms with Crippen LogP contribution < -0.4 is 14.4 Å². The second kappa shape index (κ2) is 9.46. The molecule has 0 spiro atoms. The lowest BCUT2D eigenvalue weighted by Crippen LogP contribution is -2.33. The van der Waals surface area contributed by atoms with Crippen molar-refractivity contribution in [2.75, 3.05) is 19.1 Å². The molecule has 170 valence electrons. The predicted octanol–water partition coefficient (Wildman–Crippen LogP) is 5.12. The Bertz CT molecular complexity index is 1010. The van der Waals surface area contributed by atoms with E-state index < -0.39 is 10.0 Å². The van der Waals surface area contributed by atoms with E-state index in [0.717, 1.165) is 46.9 Å². The number of anilines is 1. The maximum atomic E-state index is 13.1. The van der Waals surface area contributed by atoms with Crippen molar-refractivity contribution in [1.82, 2.24) is 9.71 Å². The van der Waals surface area contributed by atoms with Gasteiger partial charge in [0.15, 0.2) is 5.13 Å². The molecule has 1 heterocycles. The molecule has 2 fully saturated rings. The standard InChI is InChI=1S/C23H33N3O3S2/c1-16-22(30-23(24-16)26(2)19-11-5-4-6-12-19)17-13-14-20(29-3)21(15-17)31(27,28)25-18-9-7-8-10-18/h13-15,18-19,25H,4-12H2,1-3H3. The van der Waals surface area contributed by atoms with Crippen LogP contribution in [0.25, 0.3) is 10.4 Å². The van der Waals surface area contributed by atoms with Crippen molar-refractivity contribution in [3.05, 3.63) is 23.9 Å². The lowest BCUT2D eigenvalue weighted by atomic mass is 9.95. The normalized spacial score (nSPS) is 18.4. The summed E-state index contributed by atoms with van der Waals surface area (Å²) in [5.74, 6) is 0.371. The summed E-state index contributed by atoms with van der Waals surface area (Å²) in [6.45, 7) is 2.00. The second-order valence-corrected chi connectivity index (χ2v) is 11.4. The Hall–Kier alpha value is -1.64. The predicted molar refractivity (Wildman–Crippen MR) is 127 cm³/mol. The minimum Gasteiger partial charge on any atom is -0.495 e. The third-order valence-electron chi connectivity index (χ3n) is 6.60. The van der Waals surface area contributed by atoms with Gasteiger partial charge in [-0.25, -0.2) is 18.1 Å². The Morgan fingerprint density at radius 3 is 2.45 bits per heavy atom. The van der Waals surface area contributed by atoms with Crippen molar-refractivity contribution in [3.63, 3.8) is 0 Å². The van der Waals surface area contributed by atoms with E-state index in [0.29, 0.717) is 11.8 Å². The van der Waals surface area contributed by atoms with E-state index in [9.17, 15) is 8.42 Å². The molecule has 0 saturated heterocycles. The zero-order valence-electron chi connectivity index (χ0n) is 18.7.